The molecular formula is C13H10Cl2N2OS. The maximum Gasteiger partial charge on any atom is 0.250 e. The number of thiazole rings is 1. The predicted octanol–water partition coefficient (Wildman–Crippen LogP) is 4.19. The van der Waals surface area contributed by atoms with Crippen molar-refractivity contribution >= 4 is 51.7 Å². The molecule has 6 heteroatoms. The normalized spacial score (nSPS) is 10.8. The van der Waals surface area contributed by atoms with Gasteiger partial charge in [-0.25, -0.2) is 4.98 Å². The average molecular weight is 313 g/mol. The van der Waals surface area contributed by atoms with Crippen LogP contribution in [0.2, 0.25) is 5.02 Å². The Bertz CT molecular complexity index is 593. The van der Waals surface area contributed by atoms with E-state index in [1.807, 2.05) is 17.5 Å². The van der Waals surface area contributed by atoms with Crippen molar-refractivity contribution in [3.8, 4) is 0 Å². The fourth-order valence-electron chi connectivity index (χ4n) is 1.32. The zero-order valence-electron chi connectivity index (χ0n) is 9.77. The Labute approximate surface area is 124 Å². The Kier molecular flexibility index (Phi) is 4.96. The van der Waals surface area contributed by atoms with Crippen LogP contribution in [0.15, 0.2) is 35.7 Å². The number of hydrogen-bond donors (Lipinski definition) is 1. The zero-order valence-corrected chi connectivity index (χ0v) is 12.1. The minimum absolute atomic E-state index is 0.231. The molecule has 1 aromatic heterocycles. The van der Waals surface area contributed by atoms with Gasteiger partial charge in [-0.15, -0.1) is 22.9 Å². The number of rotatable bonds is 4. The number of hydrogen-bond acceptors (Lipinski definition) is 3. The van der Waals surface area contributed by atoms with Gasteiger partial charge in [0.25, 0.3) is 0 Å². The van der Waals surface area contributed by atoms with Gasteiger partial charge < -0.3 is 0 Å². The number of anilines is 1. The number of amides is 1. The molecule has 0 saturated heterocycles. The van der Waals surface area contributed by atoms with E-state index in [0.717, 1.165) is 11.3 Å². The summed E-state index contributed by atoms with van der Waals surface area (Å²) < 4.78 is 0. The van der Waals surface area contributed by atoms with Crippen molar-refractivity contribution in [2.24, 2.45) is 0 Å². The standard InChI is InChI=1S/C13H10Cl2N2OS/c14-7-11-8-19-13(16-11)17-12(18)6-3-9-1-4-10(15)5-2-9/h1-6,8H,7H2,(H,16,17,18)/b6-3+. The van der Waals surface area contributed by atoms with Crippen molar-refractivity contribution in [2.75, 3.05) is 5.32 Å². The summed E-state index contributed by atoms with van der Waals surface area (Å²) in [5.41, 5.74) is 1.66. The summed E-state index contributed by atoms with van der Waals surface area (Å²) in [4.78, 5) is 15.8. The average Bonchev–Trinajstić information content (AvgIpc) is 2.86. The number of carbonyl (C=O) groups is 1. The Morgan fingerprint density at radius 3 is 2.74 bits per heavy atom. The number of halogens is 2. The molecule has 2 aromatic rings. The highest BCUT2D eigenvalue weighted by Gasteiger charge is 2.03. The van der Waals surface area contributed by atoms with Crippen LogP contribution < -0.4 is 5.32 Å². The predicted molar refractivity (Wildman–Crippen MR) is 80.8 cm³/mol. The Morgan fingerprint density at radius 2 is 2.11 bits per heavy atom. The highest BCUT2D eigenvalue weighted by Crippen LogP contribution is 2.16. The van der Waals surface area contributed by atoms with E-state index >= 15 is 0 Å². The first-order valence-corrected chi connectivity index (χ1v) is 7.21. The Balaban J connectivity index is 1.95. The molecule has 2 rings (SSSR count). The molecule has 0 aliphatic rings. The van der Waals surface area contributed by atoms with Crippen molar-refractivity contribution in [3.05, 3.63) is 52.0 Å². The maximum atomic E-state index is 11.7. The second-order valence-electron chi connectivity index (χ2n) is 3.65. The number of aromatic nitrogens is 1. The molecule has 19 heavy (non-hydrogen) atoms. The number of benzene rings is 1. The van der Waals surface area contributed by atoms with E-state index in [1.165, 1.54) is 17.4 Å². The lowest BCUT2D eigenvalue weighted by Crippen LogP contribution is -2.07. The first-order chi connectivity index (χ1) is 9.17. The van der Waals surface area contributed by atoms with Crippen LogP contribution in [0.1, 0.15) is 11.3 Å². The molecule has 1 heterocycles. The van der Waals surface area contributed by atoms with E-state index in [0.29, 0.717) is 16.0 Å². The summed E-state index contributed by atoms with van der Waals surface area (Å²) in [6, 6.07) is 7.21. The summed E-state index contributed by atoms with van der Waals surface area (Å²) in [5.74, 6) is 0.109. The van der Waals surface area contributed by atoms with Gasteiger partial charge in [-0.1, -0.05) is 23.7 Å². The number of nitrogens with one attached hydrogen (secondary N) is 1. The van der Waals surface area contributed by atoms with Gasteiger partial charge in [-0.3, -0.25) is 10.1 Å². The topological polar surface area (TPSA) is 42.0 Å². The zero-order chi connectivity index (χ0) is 13.7. The van der Waals surface area contributed by atoms with Crippen LogP contribution in [0.5, 0.6) is 0 Å². The van der Waals surface area contributed by atoms with Crippen molar-refractivity contribution < 1.29 is 4.79 Å². The van der Waals surface area contributed by atoms with Gasteiger partial charge in [0.15, 0.2) is 5.13 Å². The van der Waals surface area contributed by atoms with Crippen LogP contribution >= 0.6 is 34.5 Å². The number of nitrogens with zero attached hydrogens (tertiary/aromatic N) is 1. The highest BCUT2D eigenvalue weighted by atomic mass is 35.5. The van der Waals surface area contributed by atoms with Gasteiger partial charge in [-0.05, 0) is 23.8 Å². The van der Waals surface area contributed by atoms with Gasteiger partial charge in [0.1, 0.15) is 0 Å². The molecule has 1 amide bonds. The van der Waals surface area contributed by atoms with Crippen LogP contribution in [0, 0.1) is 0 Å². The van der Waals surface area contributed by atoms with Crippen LogP contribution in [0.25, 0.3) is 6.08 Å². The van der Waals surface area contributed by atoms with Gasteiger partial charge in [0.05, 0.1) is 11.6 Å². The third-order valence-electron chi connectivity index (χ3n) is 2.22. The van der Waals surface area contributed by atoms with Gasteiger partial charge in [0.2, 0.25) is 5.91 Å². The molecular weight excluding hydrogens is 303 g/mol. The van der Waals surface area contributed by atoms with E-state index < -0.39 is 0 Å². The molecule has 0 radical (unpaired) electrons. The number of alkyl halides is 1. The third kappa shape index (κ3) is 4.35. The monoisotopic (exact) mass is 312 g/mol. The summed E-state index contributed by atoms with van der Waals surface area (Å²) in [5, 5.41) is 5.69. The molecule has 0 atom stereocenters. The molecule has 0 unspecified atom stereocenters. The van der Waals surface area contributed by atoms with E-state index in [2.05, 4.69) is 10.3 Å². The molecule has 0 fully saturated rings. The molecule has 0 spiro atoms. The summed E-state index contributed by atoms with van der Waals surface area (Å²) in [7, 11) is 0. The van der Waals surface area contributed by atoms with Crippen molar-refractivity contribution in [1.82, 2.24) is 4.98 Å². The fraction of sp³-hybridized carbons (Fsp3) is 0.0769. The first kappa shape index (κ1) is 14.1. The molecule has 1 N–H and O–H groups in total. The smallest absolute Gasteiger partial charge is 0.250 e. The van der Waals surface area contributed by atoms with Crippen LogP contribution in [-0.2, 0) is 10.7 Å². The van der Waals surface area contributed by atoms with E-state index in [-0.39, 0.29) is 5.91 Å². The molecule has 0 aliphatic carbocycles. The second-order valence-corrected chi connectivity index (χ2v) is 5.21. The Hall–Kier alpha value is -1.36. The second kappa shape index (κ2) is 6.70. The largest absolute Gasteiger partial charge is 0.298 e. The van der Waals surface area contributed by atoms with Crippen molar-refractivity contribution in [3.63, 3.8) is 0 Å². The van der Waals surface area contributed by atoms with E-state index in [4.69, 9.17) is 23.2 Å². The van der Waals surface area contributed by atoms with Crippen LogP contribution in [0.3, 0.4) is 0 Å². The van der Waals surface area contributed by atoms with Crippen molar-refractivity contribution in [1.29, 1.82) is 0 Å². The lowest BCUT2D eigenvalue weighted by molar-refractivity contribution is -0.111. The van der Waals surface area contributed by atoms with E-state index in [9.17, 15) is 4.79 Å². The molecule has 98 valence electrons. The first-order valence-electron chi connectivity index (χ1n) is 5.42. The Morgan fingerprint density at radius 1 is 1.37 bits per heavy atom. The summed E-state index contributed by atoms with van der Waals surface area (Å²) in [6.45, 7) is 0. The maximum absolute atomic E-state index is 11.7. The van der Waals surface area contributed by atoms with Crippen LogP contribution in [0.4, 0.5) is 5.13 Å². The number of carbonyl (C=O) groups excluding carboxylic acids is 1. The summed E-state index contributed by atoms with van der Waals surface area (Å²) >= 11 is 12.8. The SMILES string of the molecule is O=C(/C=C/c1ccc(Cl)cc1)Nc1nc(CCl)cs1. The van der Waals surface area contributed by atoms with Crippen molar-refractivity contribution in [2.45, 2.75) is 5.88 Å². The third-order valence-corrected chi connectivity index (χ3v) is 3.55. The molecule has 1 aromatic carbocycles. The van der Waals surface area contributed by atoms with Crippen LogP contribution in [-0.4, -0.2) is 10.9 Å². The lowest BCUT2D eigenvalue weighted by Gasteiger charge is -1.96. The van der Waals surface area contributed by atoms with Gasteiger partial charge >= 0.3 is 0 Å². The molecule has 0 aliphatic heterocycles. The molecule has 3 nitrogen and oxygen atoms in total. The highest BCUT2D eigenvalue weighted by molar-refractivity contribution is 7.14. The van der Waals surface area contributed by atoms with Gasteiger partial charge in [0, 0.05) is 16.5 Å². The van der Waals surface area contributed by atoms with Gasteiger partial charge in [-0.2, -0.15) is 0 Å². The fourth-order valence-corrected chi connectivity index (χ4v) is 2.39. The minimum Gasteiger partial charge on any atom is -0.298 e. The summed E-state index contributed by atoms with van der Waals surface area (Å²) in [6.07, 6.45) is 3.16. The minimum atomic E-state index is -0.231. The van der Waals surface area contributed by atoms with E-state index in [1.54, 1.807) is 18.2 Å². The molecule has 0 saturated carbocycles. The molecule has 0 bridgehead atoms. The quantitative estimate of drug-likeness (QED) is 0.679. The lowest BCUT2D eigenvalue weighted by atomic mass is 10.2.